The van der Waals surface area contributed by atoms with Gasteiger partial charge in [-0.15, -0.1) is 0 Å². The maximum atomic E-state index is 13.0. The molecule has 1 aliphatic rings. The summed E-state index contributed by atoms with van der Waals surface area (Å²) in [6.45, 7) is 2.66. The summed E-state index contributed by atoms with van der Waals surface area (Å²) in [6, 6.07) is 2.05. The van der Waals surface area contributed by atoms with E-state index in [0.717, 1.165) is 44.7 Å². The molecule has 100 valence electrons. The van der Waals surface area contributed by atoms with E-state index in [4.69, 9.17) is 4.74 Å². The Morgan fingerprint density at radius 2 is 1.72 bits per heavy atom. The van der Waals surface area contributed by atoms with Crippen molar-refractivity contribution in [1.82, 2.24) is 5.32 Å². The van der Waals surface area contributed by atoms with Crippen molar-refractivity contribution in [3.63, 3.8) is 0 Å². The van der Waals surface area contributed by atoms with Gasteiger partial charge in [-0.2, -0.15) is 0 Å². The Bertz CT molecular complexity index is 382. The summed E-state index contributed by atoms with van der Waals surface area (Å²) in [5.74, 6) is -3.16. The minimum atomic E-state index is -1.41. The van der Waals surface area contributed by atoms with Crippen LogP contribution in [0.15, 0.2) is 12.1 Å². The van der Waals surface area contributed by atoms with Crippen LogP contribution in [0.5, 0.6) is 0 Å². The second kappa shape index (κ2) is 6.20. The van der Waals surface area contributed by atoms with E-state index < -0.39 is 17.5 Å². The highest BCUT2D eigenvalue weighted by Gasteiger charge is 2.14. The van der Waals surface area contributed by atoms with Crippen molar-refractivity contribution in [2.45, 2.75) is 19.4 Å². The Morgan fingerprint density at radius 1 is 1.11 bits per heavy atom. The molecule has 1 heterocycles. The van der Waals surface area contributed by atoms with Crippen LogP contribution in [0.25, 0.3) is 0 Å². The second-order valence-electron chi connectivity index (χ2n) is 4.56. The van der Waals surface area contributed by atoms with Crippen LogP contribution in [0, 0.1) is 23.4 Å². The third kappa shape index (κ3) is 3.46. The van der Waals surface area contributed by atoms with Crippen molar-refractivity contribution < 1.29 is 17.9 Å². The molecular weight excluding hydrogens is 243 g/mol. The molecule has 0 unspecified atom stereocenters. The summed E-state index contributed by atoms with van der Waals surface area (Å²) in [5, 5.41) is 3.13. The first-order valence-corrected chi connectivity index (χ1v) is 6.08. The number of nitrogens with one attached hydrogen (secondary N) is 1. The zero-order chi connectivity index (χ0) is 13.0. The lowest BCUT2D eigenvalue weighted by Gasteiger charge is -2.22. The van der Waals surface area contributed by atoms with Gasteiger partial charge in [0.05, 0.1) is 0 Å². The summed E-state index contributed by atoms with van der Waals surface area (Å²) < 4.78 is 43.9. The standard InChI is InChI=1S/C13H16F3NO/c14-11-5-10(6-12(15)13(11)16)8-17-7-9-1-3-18-4-2-9/h5-6,9,17H,1-4,7-8H2. The lowest BCUT2D eigenvalue weighted by Crippen LogP contribution is -2.27. The first-order valence-electron chi connectivity index (χ1n) is 6.08. The lowest BCUT2D eigenvalue weighted by molar-refractivity contribution is 0.0662. The van der Waals surface area contributed by atoms with Crippen LogP contribution in [-0.4, -0.2) is 19.8 Å². The van der Waals surface area contributed by atoms with Crippen molar-refractivity contribution in [3.05, 3.63) is 35.1 Å². The molecule has 1 fully saturated rings. The van der Waals surface area contributed by atoms with Gasteiger partial charge in [-0.25, -0.2) is 13.2 Å². The molecule has 0 saturated carbocycles. The van der Waals surface area contributed by atoms with Crippen molar-refractivity contribution in [2.75, 3.05) is 19.8 Å². The molecule has 0 aromatic heterocycles. The molecular formula is C13H16F3NO. The average molecular weight is 259 g/mol. The zero-order valence-electron chi connectivity index (χ0n) is 10.0. The van der Waals surface area contributed by atoms with Crippen LogP contribution >= 0.6 is 0 Å². The van der Waals surface area contributed by atoms with E-state index in [0.29, 0.717) is 18.0 Å². The first-order chi connectivity index (χ1) is 8.66. The van der Waals surface area contributed by atoms with Crippen molar-refractivity contribution in [2.24, 2.45) is 5.92 Å². The highest BCUT2D eigenvalue weighted by atomic mass is 19.2. The first kappa shape index (κ1) is 13.4. The molecule has 1 N–H and O–H groups in total. The normalized spacial score (nSPS) is 17.1. The highest BCUT2D eigenvalue weighted by Crippen LogP contribution is 2.15. The van der Waals surface area contributed by atoms with Crippen molar-refractivity contribution in [1.29, 1.82) is 0 Å². The van der Waals surface area contributed by atoms with E-state index in [1.54, 1.807) is 0 Å². The predicted molar refractivity (Wildman–Crippen MR) is 61.6 cm³/mol. The lowest BCUT2D eigenvalue weighted by atomic mass is 10.0. The molecule has 0 aliphatic carbocycles. The third-order valence-corrected chi connectivity index (χ3v) is 3.15. The Hall–Kier alpha value is -1.07. The molecule has 0 bridgehead atoms. The minimum absolute atomic E-state index is 0.339. The van der Waals surface area contributed by atoms with Crippen LogP contribution in [0.3, 0.4) is 0 Å². The van der Waals surface area contributed by atoms with Crippen molar-refractivity contribution in [3.8, 4) is 0 Å². The van der Waals surface area contributed by atoms with E-state index in [9.17, 15) is 13.2 Å². The molecule has 1 aromatic rings. The molecule has 1 aliphatic heterocycles. The number of benzene rings is 1. The van der Waals surface area contributed by atoms with Crippen LogP contribution in [0.2, 0.25) is 0 Å². The Kier molecular flexibility index (Phi) is 4.60. The van der Waals surface area contributed by atoms with Gasteiger partial charge in [-0.05, 0) is 43.0 Å². The SMILES string of the molecule is Fc1cc(CNCC2CCOCC2)cc(F)c1F. The second-order valence-corrected chi connectivity index (χ2v) is 4.56. The minimum Gasteiger partial charge on any atom is -0.381 e. The molecule has 0 amide bonds. The van der Waals surface area contributed by atoms with Gasteiger partial charge in [0.2, 0.25) is 0 Å². The van der Waals surface area contributed by atoms with Crippen LogP contribution < -0.4 is 5.32 Å². The third-order valence-electron chi connectivity index (χ3n) is 3.15. The number of ether oxygens (including phenoxy) is 1. The fraction of sp³-hybridized carbons (Fsp3) is 0.538. The number of hydrogen-bond donors (Lipinski definition) is 1. The molecule has 2 nitrogen and oxygen atoms in total. The average Bonchev–Trinajstić information content (AvgIpc) is 2.37. The van der Waals surface area contributed by atoms with Gasteiger partial charge in [0.15, 0.2) is 17.5 Å². The number of hydrogen-bond acceptors (Lipinski definition) is 2. The van der Waals surface area contributed by atoms with Gasteiger partial charge in [0.1, 0.15) is 0 Å². The Morgan fingerprint density at radius 3 is 2.33 bits per heavy atom. The van der Waals surface area contributed by atoms with E-state index in [1.165, 1.54) is 0 Å². The fourth-order valence-electron chi connectivity index (χ4n) is 2.08. The van der Waals surface area contributed by atoms with Crippen LogP contribution in [0.1, 0.15) is 18.4 Å². The van der Waals surface area contributed by atoms with E-state index >= 15 is 0 Å². The van der Waals surface area contributed by atoms with Gasteiger partial charge in [0.25, 0.3) is 0 Å². The summed E-state index contributed by atoms with van der Waals surface area (Å²) in [4.78, 5) is 0. The van der Waals surface area contributed by atoms with Gasteiger partial charge in [0, 0.05) is 19.8 Å². The quantitative estimate of drug-likeness (QED) is 0.839. The predicted octanol–water partition coefficient (Wildman–Crippen LogP) is 2.62. The van der Waals surface area contributed by atoms with Gasteiger partial charge in [-0.3, -0.25) is 0 Å². The molecule has 0 spiro atoms. The molecule has 18 heavy (non-hydrogen) atoms. The van der Waals surface area contributed by atoms with Crippen LogP contribution in [0.4, 0.5) is 13.2 Å². The van der Waals surface area contributed by atoms with Crippen molar-refractivity contribution >= 4 is 0 Å². The molecule has 5 heteroatoms. The molecule has 0 radical (unpaired) electrons. The maximum Gasteiger partial charge on any atom is 0.194 e. The number of rotatable bonds is 4. The highest BCUT2D eigenvalue weighted by molar-refractivity contribution is 5.19. The van der Waals surface area contributed by atoms with E-state index in [1.807, 2.05) is 0 Å². The Balaban J connectivity index is 1.82. The largest absolute Gasteiger partial charge is 0.381 e. The summed E-state index contributed by atoms with van der Waals surface area (Å²) in [7, 11) is 0. The van der Waals surface area contributed by atoms with Crippen LogP contribution in [-0.2, 0) is 11.3 Å². The van der Waals surface area contributed by atoms with Gasteiger partial charge < -0.3 is 10.1 Å². The number of halogens is 3. The smallest absolute Gasteiger partial charge is 0.194 e. The van der Waals surface area contributed by atoms with E-state index in [-0.39, 0.29) is 0 Å². The fourth-order valence-corrected chi connectivity index (χ4v) is 2.08. The summed E-state index contributed by atoms with van der Waals surface area (Å²) in [5.41, 5.74) is 0.415. The van der Waals surface area contributed by atoms with E-state index in [2.05, 4.69) is 5.32 Å². The zero-order valence-corrected chi connectivity index (χ0v) is 10.0. The topological polar surface area (TPSA) is 21.3 Å². The van der Waals surface area contributed by atoms with Gasteiger partial charge >= 0.3 is 0 Å². The molecule has 1 saturated heterocycles. The summed E-state index contributed by atoms with van der Waals surface area (Å²) in [6.07, 6.45) is 2.00. The Labute approximate surface area is 104 Å². The summed E-state index contributed by atoms with van der Waals surface area (Å²) >= 11 is 0. The molecule has 2 rings (SSSR count). The molecule has 1 aromatic carbocycles. The molecule has 0 atom stereocenters. The monoisotopic (exact) mass is 259 g/mol. The maximum absolute atomic E-state index is 13.0. The van der Waals surface area contributed by atoms with Gasteiger partial charge in [-0.1, -0.05) is 0 Å².